The molecule has 1 aromatic carbocycles. The van der Waals surface area contributed by atoms with Crippen LogP contribution in [0.5, 0.6) is 0 Å². The molecule has 110 valence electrons. The first-order valence-electron chi connectivity index (χ1n) is 7.25. The molecule has 1 atom stereocenters. The predicted octanol–water partition coefficient (Wildman–Crippen LogP) is 2.53. The van der Waals surface area contributed by atoms with E-state index in [0.717, 1.165) is 23.7 Å². The van der Waals surface area contributed by atoms with E-state index in [4.69, 9.17) is 15.9 Å². The summed E-state index contributed by atoms with van der Waals surface area (Å²) in [6.07, 6.45) is 2.59. The van der Waals surface area contributed by atoms with E-state index in [0.29, 0.717) is 12.6 Å². The molecule has 0 radical (unpaired) electrons. The molecule has 2 rings (SSSR count). The Hall–Kier alpha value is -1.55. The van der Waals surface area contributed by atoms with Gasteiger partial charge in [0.05, 0.1) is 6.61 Å². The normalized spacial score (nSPS) is 15.9. The third kappa shape index (κ3) is 3.31. The summed E-state index contributed by atoms with van der Waals surface area (Å²) in [5, 5.41) is 7.80. The van der Waals surface area contributed by atoms with Crippen molar-refractivity contribution in [3.05, 3.63) is 29.3 Å². The average molecular weight is 275 g/mol. The van der Waals surface area contributed by atoms with Gasteiger partial charge in [0, 0.05) is 30.9 Å². The molecule has 0 aliphatic heterocycles. The van der Waals surface area contributed by atoms with Crippen molar-refractivity contribution in [2.45, 2.75) is 32.7 Å². The molecular weight excluding hydrogens is 250 g/mol. The topological polar surface area (TPSA) is 62.3 Å². The van der Waals surface area contributed by atoms with E-state index >= 15 is 0 Å². The second kappa shape index (κ2) is 6.27. The van der Waals surface area contributed by atoms with E-state index < -0.39 is 0 Å². The van der Waals surface area contributed by atoms with Gasteiger partial charge in [0.2, 0.25) is 0 Å². The van der Waals surface area contributed by atoms with Gasteiger partial charge in [0.1, 0.15) is 5.84 Å². The van der Waals surface area contributed by atoms with Crippen molar-refractivity contribution in [1.29, 1.82) is 5.41 Å². The molecule has 1 unspecified atom stereocenters. The van der Waals surface area contributed by atoms with Crippen molar-refractivity contribution in [3.8, 4) is 0 Å². The van der Waals surface area contributed by atoms with Gasteiger partial charge in [-0.2, -0.15) is 0 Å². The lowest BCUT2D eigenvalue weighted by Crippen LogP contribution is -2.38. The summed E-state index contributed by atoms with van der Waals surface area (Å²) in [5.41, 5.74) is 8.82. The smallest absolute Gasteiger partial charge is 0.124 e. The Kier molecular flexibility index (Phi) is 4.65. The van der Waals surface area contributed by atoms with Crippen LogP contribution in [0.3, 0.4) is 0 Å². The van der Waals surface area contributed by atoms with Crippen molar-refractivity contribution in [3.63, 3.8) is 0 Å². The molecule has 1 fully saturated rings. The van der Waals surface area contributed by atoms with E-state index in [1.54, 1.807) is 7.11 Å². The molecule has 1 aromatic rings. The Bertz CT molecular complexity index is 483. The van der Waals surface area contributed by atoms with Crippen LogP contribution in [0, 0.1) is 18.3 Å². The van der Waals surface area contributed by atoms with Gasteiger partial charge in [0.25, 0.3) is 0 Å². The number of amidine groups is 1. The van der Waals surface area contributed by atoms with Crippen molar-refractivity contribution in [2.75, 3.05) is 25.2 Å². The average Bonchev–Trinajstić information content (AvgIpc) is 3.23. The van der Waals surface area contributed by atoms with Crippen LogP contribution < -0.4 is 10.6 Å². The first-order chi connectivity index (χ1) is 9.54. The van der Waals surface area contributed by atoms with E-state index in [2.05, 4.69) is 24.8 Å². The predicted molar refractivity (Wildman–Crippen MR) is 83.6 cm³/mol. The molecule has 0 heterocycles. The highest BCUT2D eigenvalue weighted by atomic mass is 16.5. The number of hydrogen-bond acceptors (Lipinski definition) is 3. The van der Waals surface area contributed by atoms with Crippen molar-refractivity contribution in [2.24, 2.45) is 11.7 Å². The minimum Gasteiger partial charge on any atom is -0.384 e. The zero-order valence-electron chi connectivity index (χ0n) is 12.6. The van der Waals surface area contributed by atoms with Crippen LogP contribution in [0.4, 0.5) is 5.69 Å². The summed E-state index contributed by atoms with van der Waals surface area (Å²) in [5.74, 6) is 0.887. The number of nitrogens with zero attached hydrogens (tertiary/aromatic N) is 1. The van der Waals surface area contributed by atoms with E-state index in [9.17, 15) is 0 Å². The number of rotatable bonds is 7. The van der Waals surface area contributed by atoms with Gasteiger partial charge in [-0.25, -0.2) is 0 Å². The summed E-state index contributed by atoms with van der Waals surface area (Å²) < 4.78 is 5.25. The fourth-order valence-corrected chi connectivity index (χ4v) is 2.67. The number of aryl methyl sites for hydroxylation is 1. The zero-order valence-corrected chi connectivity index (χ0v) is 12.6. The number of methoxy groups -OCH3 is 1. The lowest BCUT2D eigenvalue weighted by atomic mass is 10.0. The molecule has 0 bridgehead atoms. The SMILES string of the molecule is COCCN(c1cc(C)ccc1C(=N)N)C(C)C1CC1. The quantitative estimate of drug-likeness (QED) is 0.594. The largest absolute Gasteiger partial charge is 0.384 e. The maximum Gasteiger partial charge on any atom is 0.124 e. The second-order valence-electron chi connectivity index (χ2n) is 5.70. The van der Waals surface area contributed by atoms with Gasteiger partial charge in [-0.3, -0.25) is 5.41 Å². The van der Waals surface area contributed by atoms with Crippen LogP contribution in [-0.2, 0) is 4.74 Å². The fourth-order valence-electron chi connectivity index (χ4n) is 2.67. The van der Waals surface area contributed by atoms with Gasteiger partial charge in [-0.15, -0.1) is 0 Å². The summed E-state index contributed by atoms with van der Waals surface area (Å²) in [7, 11) is 1.72. The number of hydrogen-bond donors (Lipinski definition) is 2. The monoisotopic (exact) mass is 275 g/mol. The molecule has 1 aliphatic rings. The first kappa shape index (κ1) is 14.9. The first-order valence-corrected chi connectivity index (χ1v) is 7.25. The number of ether oxygens (including phenoxy) is 1. The molecule has 20 heavy (non-hydrogen) atoms. The van der Waals surface area contributed by atoms with E-state index in [1.807, 2.05) is 12.1 Å². The van der Waals surface area contributed by atoms with Gasteiger partial charge < -0.3 is 15.4 Å². The molecule has 1 aliphatic carbocycles. The standard InChI is InChI=1S/C16H25N3O/c1-11-4-7-14(16(17)18)15(10-11)19(8-9-20-3)12(2)13-5-6-13/h4,7,10,12-13H,5-6,8-9H2,1-3H3,(H3,17,18). The van der Waals surface area contributed by atoms with E-state index in [-0.39, 0.29) is 5.84 Å². The van der Waals surface area contributed by atoms with Crippen LogP contribution in [0.1, 0.15) is 30.9 Å². The molecule has 4 nitrogen and oxygen atoms in total. The lowest BCUT2D eigenvalue weighted by Gasteiger charge is -2.33. The van der Waals surface area contributed by atoms with Crippen LogP contribution in [0.2, 0.25) is 0 Å². The highest BCUT2D eigenvalue weighted by molar-refractivity contribution is 6.00. The summed E-state index contributed by atoms with van der Waals surface area (Å²) in [6, 6.07) is 6.55. The molecule has 3 N–H and O–H groups in total. The fraction of sp³-hybridized carbons (Fsp3) is 0.562. The number of anilines is 1. The molecule has 0 spiro atoms. The molecule has 0 amide bonds. The Labute approximate surface area is 121 Å². The van der Waals surface area contributed by atoms with E-state index in [1.165, 1.54) is 18.4 Å². The lowest BCUT2D eigenvalue weighted by molar-refractivity contribution is 0.202. The summed E-state index contributed by atoms with van der Waals surface area (Å²) >= 11 is 0. The van der Waals surface area contributed by atoms with Crippen LogP contribution in [-0.4, -0.2) is 32.1 Å². The molecule has 0 aromatic heterocycles. The third-order valence-corrected chi connectivity index (χ3v) is 4.08. The van der Waals surface area contributed by atoms with Gasteiger partial charge in [0.15, 0.2) is 0 Å². The van der Waals surface area contributed by atoms with Crippen molar-refractivity contribution < 1.29 is 4.74 Å². The summed E-state index contributed by atoms with van der Waals surface area (Å²) in [4.78, 5) is 2.35. The maximum atomic E-state index is 7.80. The third-order valence-electron chi connectivity index (χ3n) is 4.08. The minimum atomic E-state index is 0.130. The summed E-state index contributed by atoms with van der Waals surface area (Å²) in [6.45, 7) is 5.85. The van der Waals surface area contributed by atoms with Crippen molar-refractivity contribution in [1.82, 2.24) is 0 Å². The maximum absolute atomic E-state index is 7.80. The van der Waals surface area contributed by atoms with Crippen LogP contribution in [0.25, 0.3) is 0 Å². The number of nitrogens with two attached hydrogens (primary N) is 1. The highest BCUT2D eigenvalue weighted by Crippen LogP contribution is 2.37. The van der Waals surface area contributed by atoms with Crippen LogP contribution >= 0.6 is 0 Å². The Morgan fingerprint density at radius 3 is 2.75 bits per heavy atom. The van der Waals surface area contributed by atoms with Gasteiger partial charge >= 0.3 is 0 Å². The Balaban J connectivity index is 2.35. The minimum absolute atomic E-state index is 0.130. The molecule has 0 saturated heterocycles. The zero-order chi connectivity index (χ0) is 14.7. The second-order valence-corrected chi connectivity index (χ2v) is 5.70. The van der Waals surface area contributed by atoms with Gasteiger partial charge in [-0.1, -0.05) is 6.07 Å². The molecular formula is C16H25N3O. The Morgan fingerprint density at radius 1 is 1.50 bits per heavy atom. The number of benzene rings is 1. The highest BCUT2D eigenvalue weighted by Gasteiger charge is 2.33. The number of nitrogens with one attached hydrogen (secondary N) is 1. The van der Waals surface area contributed by atoms with Crippen molar-refractivity contribution >= 4 is 11.5 Å². The molecule has 1 saturated carbocycles. The van der Waals surface area contributed by atoms with Gasteiger partial charge in [-0.05, 0) is 50.3 Å². The van der Waals surface area contributed by atoms with Crippen LogP contribution in [0.15, 0.2) is 18.2 Å². The molecule has 4 heteroatoms. The number of nitrogen functional groups attached to an aromatic ring is 1. The Morgan fingerprint density at radius 2 is 2.20 bits per heavy atom.